The van der Waals surface area contributed by atoms with E-state index >= 15 is 0 Å². The van der Waals surface area contributed by atoms with Crippen LogP contribution < -0.4 is 10.1 Å². The minimum Gasteiger partial charge on any atom is -0.426 e. The van der Waals surface area contributed by atoms with E-state index in [1.807, 2.05) is 54.6 Å². The first kappa shape index (κ1) is 14.2. The number of para-hydroxylation sites is 1. The van der Waals surface area contributed by atoms with Gasteiger partial charge in [-0.2, -0.15) is 0 Å². The summed E-state index contributed by atoms with van der Waals surface area (Å²) in [6.45, 7) is 0. The zero-order valence-corrected chi connectivity index (χ0v) is 13.4. The third kappa shape index (κ3) is 2.14. The summed E-state index contributed by atoms with van der Waals surface area (Å²) < 4.78 is 5.66. The Bertz CT molecular complexity index is 955. The van der Waals surface area contributed by atoms with E-state index in [9.17, 15) is 4.79 Å². The molecule has 2 aliphatic heterocycles. The van der Waals surface area contributed by atoms with Crippen LogP contribution in [-0.4, -0.2) is 11.0 Å². The lowest BCUT2D eigenvalue weighted by Gasteiger charge is -2.41. The van der Waals surface area contributed by atoms with Crippen molar-refractivity contribution in [2.45, 2.75) is 12.0 Å². The zero-order valence-electron chi connectivity index (χ0n) is 13.4. The van der Waals surface area contributed by atoms with Gasteiger partial charge in [0, 0.05) is 17.7 Å². The number of benzene rings is 2. The molecule has 0 spiro atoms. The molecule has 2 aliphatic rings. The Balaban J connectivity index is 1.74. The molecule has 0 radical (unpaired) electrons. The van der Waals surface area contributed by atoms with Gasteiger partial charge in [0.25, 0.3) is 0 Å². The number of carbonyl (C=O) groups excluding carboxylic acids is 1. The molecule has 1 aromatic heterocycles. The van der Waals surface area contributed by atoms with Crippen LogP contribution in [0, 0.1) is 5.92 Å². The van der Waals surface area contributed by atoms with Crippen LogP contribution in [0.2, 0.25) is 0 Å². The highest BCUT2D eigenvalue weighted by atomic mass is 16.5. The maximum atomic E-state index is 12.9. The molecule has 0 saturated heterocycles. The minimum absolute atomic E-state index is 0.126. The topological polar surface area (TPSA) is 51.2 Å². The normalized spacial score (nSPS) is 23.5. The van der Waals surface area contributed by atoms with Crippen molar-refractivity contribution in [2.75, 3.05) is 5.32 Å². The highest BCUT2D eigenvalue weighted by Crippen LogP contribution is 2.51. The Morgan fingerprint density at radius 2 is 1.72 bits per heavy atom. The summed E-state index contributed by atoms with van der Waals surface area (Å²) in [5.41, 5.74) is 3.96. The molecule has 0 amide bonds. The molecule has 4 heteroatoms. The minimum atomic E-state index is -0.348. The number of pyridine rings is 1. The van der Waals surface area contributed by atoms with E-state index in [-0.39, 0.29) is 23.8 Å². The molecule has 0 saturated carbocycles. The van der Waals surface area contributed by atoms with Gasteiger partial charge in [0.05, 0.1) is 23.3 Å². The van der Waals surface area contributed by atoms with Gasteiger partial charge in [0.15, 0.2) is 0 Å². The summed E-state index contributed by atoms with van der Waals surface area (Å²) in [5.74, 6) is -0.0500. The van der Waals surface area contributed by atoms with Crippen molar-refractivity contribution in [1.82, 2.24) is 4.98 Å². The number of carbonyl (C=O) groups is 1. The van der Waals surface area contributed by atoms with Crippen LogP contribution in [0.1, 0.15) is 28.8 Å². The Kier molecular flexibility index (Phi) is 3.10. The van der Waals surface area contributed by atoms with Gasteiger partial charge in [-0.1, -0.05) is 48.5 Å². The number of ether oxygens (including phenoxy) is 1. The molecule has 25 heavy (non-hydrogen) atoms. The lowest BCUT2D eigenvalue weighted by molar-refractivity contribution is -0.141. The van der Waals surface area contributed by atoms with Crippen LogP contribution >= 0.6 is 0 Å². The van der Waals surface area contributed by atoms with Crippen LogP contribution in [0.5, 0.6) is 5.75 Å². The van der Waals surface area contributed by atoms with E-state index < -0.39 is 0 Å². The molecule has 4 nitrogen and oxygen atoms in total. The number of nitrogens with one attached hydrogen (secondary N) is 1. The molecule has 0 aliphatic carbocycles. The van der Waals surface area contributed by atoms with Crippen molar-refractivity contribution < 1.29 is 9.53 Å². The van der Waals surface area contributed by atoms with Crippen LogP contribution in [0.4, 0.5) is 5.69 Å². The molecule has 3 aromatic rings. The number of anilines is 1. The Labute approximate surface area is 145 Å². The van der Waals surface area contributed by atoms with Gasteiger partial charge >= 0.3 is 5.97 Å². The van der Waals surface area contributed by atoms with Crippen molar-refractivity contribution in [3.63, 3.8) is 0 Å². The lowest BCUT2D eigenvalue weighted by atomic mass is 9.73. The number of aromatic nitrogens is 1. The average Bonchev–Trinajstić information content (AvgIpc) is 2.67. The largest absolute Gasteiger partial charge is 0.426 e. The third-order valence-electron chi connectivity index (χ3n) is 5.06. The first-order chi connectivity index (χ1) is 12.3. The Hall–Kier alpha value is -3.14. The van der Waals surface area contributed by atoms with E-state index in [1.54, 1.807) is 6.20 Å². The predicted molar refractivity (Wildman–Crippen MR) is 94.5 cm³/mol. The summed E-state index contributed by atoms with van der Waals surface area (Å²) >= 11 is 0. The number of hydrogen-bond donors (Lipinski definition) is 1. The maximum Gasteiger partial charge on any atom is 0.317 e. The molecule has 0 unspecified atom stereocenters. The van der Waals surface area contributed by atoms with E-state index in [0.717, 1.165) is 22.5 Å². The summed E-state index contributed by atoms with van der Waals surface area (Å²) in [7, 11) is 0. The van der Waals surface area contributed by atoms with Gasteiger partial charge in [0.1, 0.15) is 5.75 Å². The molecule has 0 bridgehead atoms. The van der Waals surface area contributed by atoms with Gasteiger partial charge in [-0.15, -0.1) is 0 Å². The quantitative estimate of drug-likeness (QED) is 0.543. The number of rotatable bonds is 1. The molecule has 3 atom stereocenters. The van der Waals surface area contributed by atoms with Gasteiger partial charge in [0.2, 0.25) is 0 Å². The highest BCUT2D eigenvalue weighted by molar-refractivity contribution is 5.83. The fraction of sp³-hybridized carbons (Fsp3) is 0.143. The fourth-order valence-electron chi connectivity index (χ4n) is 3.98. The van der Waals surface area contributed by atoms with E-state index in [1.165, 1.54) is 0 Å². The van der Waals surface area contributed by atoms with Gasteiger partial charge in [-0.3, -0.25) is 9.78 Å². The van der Waals surface area contributed by atoms with Crippen molar-refractivity contribution in [3.8, 4) is 5.75 Å². The Morgan fingerprint density at radius 1 is 0.920 bits per heavy atom. The summed E-state index contributed by atoms with van der Waals surface area (Å²) in [6, 6.07) is 21.6. The van der Waals surface area contributed by atoms with Crippen molar-refractivity contribution in [1.29, 1.82) is 0 Å². The predicted octanol–water partition coefficient (Wildman–Crippen LogP) is 3.92. The van der Waals surface area contributed by atoms with E-state index in [2.05, 4.69) is 22.4 Å². The summed E-state index contributed by atoms with van der Waals surface area (Å²) in [6.07, 6.45) is 1.78. The first-order valence-corrected chi connectivity index (χ1v) is 8.40. The van der Waals surface area contributed by atoms with Crippen LogP contribution in [-0.2, 0) is 4.79 Å². The van der Waals surface area contributed by atoms with Gasteiger partial charge < -0.3 is 10.1 Å². The van der Waals surface area contributed by atoms with E-state index in [4.69, 9.17) is 4.74 Å². The molecule has 1 N–H and O–H groups in total. The smallest absolute Gasteiger partial charge is 0.317 e. The maximum absolute atomic E-state index is 12.9. The second kappa shape index (κ2) is 5.45. The molecule has 3 heterocycles. The number of hydrogen-bond acceptors (Lipinski definition) is 4. The number of nitrogens with zero attached hydrogens (tertiary/aromatic N) is 1. The summed E-state index contributed by atoms with van der Waals surface area (Å²) in [5, 5.41) is 3.52. The second-order valence-corrected chi connectivity index (χ2v) is 6.43. The molecule has 2 aromatic carbocycles. The van der Waals surface area contributed by atoms with Crippen molar-refractivity contribution >= 4 is 11.7 Å². The fourth-order valence-corrected chi connectivity index (χ4v) is 3.98. The zero-order chi connectivity index (χ0) is 16.8. The van der Waals surface area contributed by atoms with Gasteiger partial charge in [-0.05, 0) is 23.8 Å². The molecule has 0 fully saturated rings. The highest BCUT2D eigenvalue weighted by Gasteiger charge is 2.47. The monoisotopic (exact) mass is 328 g/mol. The molecular formula is C21H16N2O2. The third-order valence-corrected chi connectivity index (χ3v) is 5.06. The van der Waals surface area contributed by atoms with Gasteiger partial charge in [-0.25, -0.2) is 0 Å². The lowest BCUT2D eigenvalue weighted by Crippen LogP contribution is -2.42. The summed E-state index contributed by atoms with van der Waals surface area (Å²) in [4.78, 5) is 17.5. The first-order valence-electron chi connectivity index (χ1n) is 8.40. The molecular weight excluding hydrogens is 312 g/mol. The molecule has 5 rings (SSSR count). The SMILES string of the molecule is O=C1Oc2ccccc2[C@H]2Nc3cccnc3[C@@H](c3ccccc3)[C@H]12. The van der Waals surface area contributed by atoms with Crippen molar-refractivity contribution in [2.24, 2.45) is 5.92 Å². The van der Waals surface area contributed by atoms with E-state index in [0.29, 0.717) is 5.75 Å². The van der Waals surface area contributed by atoms with Crippen molar-refractivity contribution in [3.05, 3.63) is 89.7 Å². The average molecular weight is 328 g/mol. The van der Waals surface area contributed by atoms with Crippen LogP contribution in [0.15, 0.2) is 72.9 Å². The Morgan fingerprint density at radius 3 is 2.60 bits per heavy atom. The number of fused-ring (bicyclic) bond motifs is 4. The second-order valence-electron chi connectivity index (χ2n) is 6.43. The van der Waals surface area contributed by atoms with Crippen LogP contribution in [0.25, 0.3) is 0 Å². The number of esters is 1. The molecule has 122 valence electrons. The van der Waals surface area contributed by atoms with Crippen LogP contribution in [0.3, 0.4) is 0 Å². The standard InChI is InChI=1S/C21H16N2O2/c24-21-18-17(13-7-2-1-3-8-13)20-15(10-6-12-22-20)23-19(18)14-9-4-5-11-16(14)25-21/h1-12,17-19,23H/t17-,18-,19+/m0/s1.